The Bertz CT molecular complexity index is 532. The summed E-state index contributed by atoms with van der Waals surface area (Å²) >= 11 is 0. The first-order valence-electron chi connectivity index (χ1n) is 6.75. The van der Waals surface area contributed by atoms with Crippen LogP contribution in [0.1, 0.15) is 24.0 Å². The van der Waals surface area contributed by atoms with Crippen molar-refractivity contribution >= 4 is 5.91 Å². The standard InChI is InChI=1S/C15H18FN3O/c1-18(11-15(20)19-6-2-3-7-19)10-12-4-5-14(16)13(8-12)9-17/h4-5,8H,2-3,6-7,10-11H2,1H3. The molecule has 4 nitrogen and oxygen atoms in total. The molecule has 0 radical (unpaired) electrons. The SMILES string of the molecule is CN(CC(=O)N1CCCC1)Cc1ccc(F)c(C#N)c1. The fourth-order valence-electron chi connectivity index (χ4n) is 2.42. The molecule has 0 aliphatic carbocycles. The van der Waals surface area contributed by atoms with Crippen molar-refractivity contribution in [3.8, 4) is 6.07 Å². The van der Waals surface area contributed by atoms with E-state index in [1.165, 1.54) is 12.1 Å². The smallest absolute Gasteiger partial charge is 0.236 e. The molecule has 106 valence electrons. The second-order valence-corrected chi connectivity index (χ2v) is 5.19. The summed E-state index contributed by atoms with van der Waals surface area (Å²) < 4.78 is 13.2. The molecule has 0 saturated carbocycles. The Hall–Kier alpha value is -1.93. The number of carbonyl (C=O) groups is 1. The van der Waals surface area contributed by atoms with Gasteiger partial charge in [0.25, 0.3) is 0 Å². The van der Waals surface area contributed by atoms with Crippen LogP contribution in [-0.2, 0) is 11.3 Å². The van der Waals surface area contributed by atoms with E-state index in [9.17, 15) is 9.18 Å². The van der Waals surface area contributed by atoms with Gasteiger partial charge < -0.3 is 4.90 Å². The summed E-state index contributed by atoms with van der Waals surface area (Å²) in [6.07, 6.45) is 2.16. The van der Waals surface area contributed by atoms with Crippen molar-refractivity contribution in [1.29, 1.82) is 5.26 Å². The van der Waals surface area contributed by atoms with Crippen molar-refractivity contribution in [2.75, 3.05) is 26.7 Å². The first-order valence-corrected chi connectivity index (χ1v) is 6.75. The van der Waals surface area contributed by atoms with E-state index in [2.05, 4.69) is 0 Å². The third kappa shape index (κ3) is 3.55. The van der Waals surface area contributed by atoms with E-state index in [-0.39, 0.29) is 11.5 Å². The number of nitriles is 1. The third-order valence-corrected chi connectivity index (χ3v) is 3.47. The van der Waals surface area contributed by atoms with Crippen molar-refractivity contribution in [3.63, 3.8) is 0 Å². The van der Waals surface area contributed by atoms with Crippen molar-refractivity contribution in [1.82, 2.24) is 9.80 Å². The lowest BCUT2D eigenvalue weighted by atomic mass is 10.1. The van der Waals surface area contributed by atoms with Crippen molar-refractivity contribution < 1.29 is 9.18 Å². The van der Waals surface area contributed by atoms with Crippen LogP contribution in [0.2, 0.25) is 0 Å². The molecule has 1 aromatic carbocycles. The van der Waals surface area contributed by atoms with Crippen LogP contribution in [0, 0.1) is 17.1 Å². The molecule has 0 atom stereocenters. The molecule has 2 rings (SSSR count). The first-order chi connectivity index (χ1) is 9.60. The highest BCUT2D eigenvalue weighted by Gasteiger charge is 2.19. The molecule has 20 heavy (non-hydrogen) atoms. The fraction of sp³-hybridized carbons (Fsp3) is 0.467. The maximum Gasteiger partial charge on any atom is 0.236 e. The Kier molecular flexibility index (Phi) is 4.70. The van der Waals surface area contributed by atoms with Crippen LogP contribution >= 0.6 is 0 Å². The van der Waals surface area contributed by atoms with E-state index in [1.54, 1.807) is 6.07 Å². The van der Waals surface area contributed by atoms with E-state index in [0.29, 0.717) is 13.1 Å². The molecule has 0 spiro atoms. The van der Waals surface area contributed by atoms with Crippen LogP contribution in [0.15, 0.2) is 18.2 Å². The minimum atomic E-state index is -0.507. The van der Waals surface area contributed by atoms with Crippen LogP contribution in [0.3, 0.4) is 0 Å². The van der Waals surface area contributed by atoms with E-state index in [4.69, 9.17) is 5.26 Å². The highest BCUT2D eigenvalue weighted by Crippen LogP contribution is 2.12. The first kappa shape index (κ1) is 14.5. The zero-order valence-electron chi connectivity index (χ0n) is 11.6. The molecule has 1 aromatic rings. The maximum absolute atomic E-state index is 13.2. The lowest BCUT2D eigenvalue weighted by Crippen LogP contribution is -2.36. The predicted molar refractivity (Wildman–Crippen MR) is 73.3 cm³/mol. The second kappa shape index (κ2) is 6.49. The van der Waals surface area contributed by atoms with Crippen LogP contribution in [0.25, 0.3) is 0 Å². The Morgan fingerprint density at radius 2 is 2.15 bits per heavy atom. The number of amides is 1. The predicted octanol–water partition coefficient (Wildman–Crippen LogP) is 1.75. The topological polar surface area (TPSA) is 47.3 Å². The van der Waals surface area contributed by atoms with E-state index < -0.39 is 5.82 Å². The van der Waals surface area contributed by atoms with E-state index in [0.717, 1.165) is 31.5 Å². The number of nitrogens with zero attached hydrogens (tertiary/aromatic N) is 3. The minimum Gasteiger partial charge on any atom is -0.342 e. The number of likely N-dealkylation sites (tertiary alicyclic amines) is 1. The van der Waals surface area contributed by atoms with Crippen molar-refractivity contribution in [2.45, 2.75) is 19.4 Å². The molecule has 1 aliphatic heterocycles. The molecule has 0 unspecified atom stereocenters. The molecular weight excluding hydrogens is 257 g/mol. The molecule has 1 fully saturated rings. The van der Waals surface area contributed by atoms with Crippen LogP contribution in [-0.4, -0.2) is 42.4 Å². The Balaban J connectivity index is 1.92. The molecule has 1 amide bonds. The van der Waals surface area contributed by atoms with Gasteiger partial charge in [0, 0.05) is 19.6 Å². The van der Waals surface area contributed by atoms with Gasteiger partial charge in [0.05, 0.1) is 12.1 Å². The normalized spacial score (nSPS) is 14.6. The van der Waals surface area contributed by atoms with Gasteiger partial charge in [-0.3, -0.25) is 9.69 Å². The Morgan fingerprint density at radius 1 is 1.45 bits per heavy atom. The van der Waals surface area contributed by atoms with Crippen LogP contribution < -0.4 is 0 Å². The molecule has 0 N–H and O–H groups in total. The van der Waals surface area contributed by atoms with Crippen LogP contribution in [0.5, 0.6) is 0 Å². The average Bonchev–Trinajstić information content (AvgIpc) is 2.95. The number of rotatable bonds is 4. The fourth-order valence-corrected chi connectivity index (χ4v) is 2.42. The Morgan fingerprint density at radius 3 is 2.80 bits per heavy atom. The number of likely N-dealkylation sites (N-methyl/N-ethyl adjacent to an activating group) is 1. The summed E-state index contributed by atoms with van der Waals surface area (Å²) in [5.74, 6) is -0.375. The van der Waals surface area contributed by atoms with Gasteiger partial charge >= 0.3 is 0 Å². The summed E-state index contributed by atoms with van der Waals surface area (Å²) in [5.41, 5.74) is 0.876. The van der Waals surface area contributed by atoms with Gasteiger partial charge in [0.2, 0.25) is 5.91 Å². The van der Waals surface area contributed by atoms with Gasteiger partial charge in [0.15, 0.2) is 0 Å². The molecule has 1 aliphatic rings. The maximum atomic E-state index is 13.2. The second-order valence-electron chi connectivity index (χ2n) is 5.19. The van der Waals surface area contributed by atoms with Gasteiger partial charge in [-0.05, 0) is 37.6 Å². The number of benzene rings is 1. The summed E-state index contributed by atoms with van der Waals surface area (Å²) in [6.45, 7) is 2.57. The van der Waals surface area contributed by atoms with Gasteiger partial charge in [-0.2, -0.15) is 5.26 Å². The highest BCUT2D eigenvalue weighted by atomic mass is 19.1. The van der Waals surface area contributed by atoms with Gasteiger partial charge in [0.1, 0.15) is 11.9 Å². The van der Waals surface area contributed by atoms with Crippen molar-refractivity contribution in [2.24, 2.45) is 0 Å². The number of hydrogen-bond donors (Lipinski definition) is 0. The summed E-state index contributed by atoms with van der Waals surface area (Å²) in [4.78, 5) is 15.8. The minimum absolute atomic E-state index is 0.0433. The van der Waals surface area contributed by atoms with Crippen LogP contribution in [0.4, 0.5) is 4.39 Å². The highest BCUT2D eigenvalue weighted by molar-refractivity contribution is 5.78. The van der Waals surface area contributed by atoms with Gasteiger partial charge in [-0.1, -0.05) is 6.07 Å². The van der Waals surface area contributed by atoms with E-state index >= 15 is 0 Å². The van der Waals surface area contributed by atoms with Gasteiger partial charge in [-0.15, -0.1) is 0 Å². The number of carbonyl (C=O) groups excluding carboxylic acids is 1. The quantitative estimate of drug-likeness (QED) is 0.841. The summed E-state index contributed by atoms with van der Waals surface area (Å²) in [5, 5.41) is 8.80. The lowest BCUT2D eigenvalue weighted by molar-refractivity contribution is -0.131. The molecule has 1 heterocycles. The number of halogens is 1. The number of hydrogen-bond acceptors (Lipinski definition) is 3. The van der Waals surface area contributed by atoms with E-state index in [1.807, 2.05) is 22.9 Å². The third-order valence-electron chi connectivity index (χ3n) is 3.47. The Labute approximate surface area is 118 Å². The summed E-state index contributed by atoms with van der Waals surface area (Å²) in [7, 11) is 1.85. The zero-order valence-corrected chi connectivity index (χ0v) is 11.6. The average molecular weight is 275 g/mol. The zero-order chi connectivity index (χ0) is 14.5. The lowest BCUT2D eigenvalue weighted by Gasteiger charge is -2.21. The molecule has 1 saturated heterocycles. The monoisotopic (exact) mass is 275 g/mol. The summed E-state index contributed by atoms with van der Waals surface area (Å²) in [6, 6.07) is 6.30. The largest absolute Gasteiger partial charge is 0.342 e. The molecule has 5 heteroatoms. The molecule has 0 aromatic heterocycles. The van der Waals surface area contributed by atoms with Crippen molar-refractivity contribution in [3.05, 3.63) is 35.1 Å². The van der Waals surface area contributed by atoms with Gasteiger partial charge in [-0.25, -0.2) is 4.39 Å². The molecule has 0 bridgehead atoms. The molecular formula is C15H18FN3O.